The van der Waals surface area contributed by atoms with Crippen LogP contribution < -0.4 is 5.32 Å². The second kappa shape index (κ2) is 6.54. The number of rotatable bonds is 7. The number of hydrogen-bond donors (Lipinski definition) is 3. The summed E-state index contributed by atoms with van der Waals surface area (Å²) >= 11 is 0. The Morgan fingerprint density at radius 2 is 2.15 bits per heavy atom. The lowest BCUT2D eigenvalue weighted by Gasteiger charge is -2.29. The summed E-state index contributed by atoms with van der Waals surface area (Å²) in [5, 5.41) is 12.2. The maximum atomic E-state index is 12.1. The Labute approximate surface area is 119 Å². The number of aromatic nitrogens is 2. The number of carboxylic acids is 1. The lowest BCUT2D eigenvalue weighted by Crippen LogP contribution is -2.40. The molecule has 1 rings (SSSR count). The van der Waals surface area contributed by atoms with E-state index in [0.29, 0.717) is 12.2 Å². The number of hydrogen-bond acceptors (Lipinski definition) is 3. The second-order valence-electron chi connectivity index (χ2n) is 5.56. The Hall–Kier alpha value is -1.85. The molecule has 0 aromatic carbocycles. The Kier molecular flexibility index (Phi) is 5.30. The highest BCUT2D eigenvalue weighted by Crippen LogP contribution is 2.31. The van der Waals surface area contributed by atoms with E-state index in [2.05, 4.69) is 15.3 Å². The first-order chi connectivity index (χ1) is 9.31. The number of H-pyrrole nitrogens is 1. The van der Waals surface area contributed by atoms with Gasteiger partial charge in [-0.2, -0.15) is 0 Å². The highest BCUT2D eigenvalue weighted by molar-refractivity contribution is 5.85. The fourth-order valence-electron chi connectivity index (χ4n) is 1.94. The van der Waals surface area contributed by atoms with E-state index in [-0.39, 0.29) is 24.3 Å². The van der Waals surface area contributed by atoms with Gasteiger partial charge in [-0.05, 0) is 19.3 Å². The van der Waals surface area contributed by atoms with E-state index >= 15 is 0 Å². The average Bonchev–Trinajstić information content (AvgIpc) is 2.88. The fourth-order valence-corrected chi connectivity index (χ4v) is 1.94. The Morgan fingerprint density at radius 1 is 1.50 bits per heavy atom. The van der Waals surface area contributed by atoms with Gasteiger partial charge in [0.15, 0.2) is 0 Å². The van der Waals surface area contributed by atoms with Crippen molar-refractivity contribution in [2.45, 2.75) is 46.6 Å². The van der Waals surface area contributed by atoms with Gasteiger partial charge in [-0.25, -0.2) is 4.98 Å². The molecule has 0 spiro atoms. The Morgan fingerprint density at radius 3 is 2.55 bits per heavy atom. The summed E-state index contributed by atoms with van der Waals surface area (Å²) in [5.74, 6) is -0.669. The molecule has 20 heavy (non-hydrogen) atoms. The molecule has 0 aliphatic carbocycles. The zero-order valence-electron chi connectivity index (χ0n) is 12.4. The molecule has 0 saturated carbocycles. The SMILES string of the molecule is CCC(NC(=O)CC(C)(C(=O)O)C(C)C)c1ncc[nH]1. The van der Waals surface area contributed by atoms with Crippen LogP contribution in [0.15, 0.2) is 12.4 Å². The van der Waals surface area contributed by atoms with Crippen molar-refractivity contribution in [2.24, 2.45) is 11.3 Å². The minimum Gasteiger partial charge on any atom is -0.481 e. The summed E-state index contributed by atoms with van der Waals surface area (Å²) in [7, 11) is 0. The molecule has 3 N–H and O–H groups in total. The number of nitrogens with zero attached hydrogens (tertiary/aromatic N) is 1. The van der Waals surface area contributed by atoms with Crippen LogP contribution >= 0.6 is 0 Å². The van der Waals surface area contributed by atoms with E-state index in [1.165, 1.54) is 0 Å². The van der Waals surface area contributed by atoms with Crippen LogP contribution in [0.4, 0.5) is 0 Å². The zero-order chi connectivity index (χ0) is 15.3. The minimum atomic E-state index is -1.06. The highest BCUT2D eigenvalue weighted by Gasteiger charge is 2.39. The van der Waals surface area contributed by atoms with E-state index in [4.69, 9.17) is 0 Å². The molecule has 6 nitrogen and oxygen atoms in total. The largest absolute Gasteiger partial charge is 0.481 e. The van der Waals surface area contributed by atoms with Crippen LogP contribution in [0.25, 0.3) is 0 Å². The maximum absolute atomic E-state index is 12.1. The summed E-state index contributed by atoms with van der Waals surface area (Å²) in [6.07, 6.45) is 3.96. The van der Waals surface area contributed by atoms with Crippen molar-refractivity contribution in [3.63, 3.8) is 0 Å². The van der Waals surface area contributed by atoms with Crippen molar-refractivity contribution >= 4 is 11.9 Å². The van der Waals surface area contributed by atoms with Crippen molar-refractivity contribution in [3.8, 4) is 0 Å². The molecule has 0 bridgehead atoms. The molecule has 0 radical (unpaired) electrons. The summed E-state index contributed by atoms with van der Waals surface area (Å²) in [4.78, 5) is 30.6. The second-order valence-corrected chi connectivity index (χ2v) is 5.56. The Bertz CT molecular complexity index is 456. The molecular formula is C14H23N3O3. The summed E-state index contributed by atoms with van der Waals surface area (Å²) in [6, 6.07) is -0.220. The molecule has 0 aliphatic rings. The summed E-state index contributed by atoms with van der Waals surface area (Å²) < 4.78 is 0. The number of carbonyl (C=O) groups is 2. The third-order valence-electron chi connectivity index (χ3n) is 3.88. The first-order valence-electron chi connectivity index (χ1n) is 6.83. The van der Waals surface area contributed by atoms with Gasteiger partial charge in [0.1, 0.15) is 5.82 Å². The average molecular weight is 281 g/mol. The number of carbonyl (C=O) groups excluding carboxylic acids is 1. The van der Waals surface area contributed by atoms with Crippen molar-refractivity contribution in [3.05, 3.63) is 18.2 Å². The third-order valence-corrected chi connectivity index (χ3v) is 3.88. The molecule has 0 aliphatic heterocycles. The molecule has 1 aromatic rings. The van der Waals surface area contributed by atoms with Crippen molar-refractivity contribution < 1.29 is 14.7 Å². The zero-order valence-corrected chi connectivity index (χ0v) is 12.4. The van der Waals surface area contributed by atoms with Crippen molar-refractivity contribution in [2.75, 3.05) is 0 Å². The summed E-state index contributed by atoms with van der Waals surface area (Å²) in [5.41, 5.74) is -1.06. The van der Waals surface area contributed by atoms with Gasteiger partial charge in [0, 0.05) is 18.8 Å². The maximum Gasteiger partial charge on any atom is 0.310 e. The van der Waals surface area contributed by atoms with E-state index < -0.39 is 11.4 Å². The van der Waals surface area contributed by atoms with Gasteiger partial charge in [0.05, 0.1) is 11.5 Å². The Balaban J connectivity index is 2.73. The molecule has 112 valence electrons. The van der Waals surface area contributed by atoms with E-state index in [1.807, 2.05) is 20.8 Å². The molecule has 1 heterocycles. The van der Waals surface area contributed by atoms with Crippen molar-refractivity contribution in [1.29, 1.82) is 0 Å². The first-order valence-corrected chi connectivity index (χ1v) is 6.83. The van der Waals surface area contributed by atoms with Crippen LogP contribution in [-0.4, -0.2) is 27.0 Å². The number of nitrogens with one attached hydrogen (secondary N) is 2. The number of aromatic amines is 1. The minimum absolute atomic E-state index is 0.0444. The number of carboxylic acid groups (broad SMARTS) is 1. The van der Waals surface area contributed by atoms with E-state index in [9.17, 15) is 14.7 Å². The van der Waals surface area contributed by atoms with Crippen LogP contribution in [0.2, 0.25) is 0 Å². The molecule has 0 saturated heterocycles. The first kappa shape index (κ1) is 16.2. The van der Waals surface area contributed by atoms with Gasteiger partial charge in [-0.3, -0.25) is 9.59 Å². The summed E-state index contributed by atoms with van der Waals surface area (Å²) in [6.45, 7) is 7.16. The molecule has 0 fully saturated rings. The van der Waals surface area contributed by atoms with Gasteiger partial charge in [0.2, 0.25) is 5.91 Å². The van der Waals surface area contributed by atoms with Crippen LogP contribution in [0.3, 0.4) is 0 Å². The lowest BCUT2D eigenvalue weighted by atomic mass is 9.76. The topological polar surface area (TPSA) is 95.1 Å². The van der Waals surface area contributed by atoms with E-state index in [1.54, 1.807) is 19.3 Å². The van der Waals surface area contributed by atoms with Gasteiger partial charge in [-0.1, -0.05) is 20.8 Å². The van der Waals surface area contributed by atoms with Gasteiger partial charge >= 0.3 is 5.97 Å². The molecule has 2 unspecified atom stereocenters. The predicted molar refractivity (Wildman–Crippen MR) is 75.0 cm³/mol. The van der Waals surface area contributed by atoms with Crippen LogP contribution in [0.5, 0.6) is 0 Å². The lowest BCUT2D eigenvalue weighted by molar-refractivity contribution is -0.153. The quantitative estimate of drug-likeness (QED) is 0.713. The van der Waals surface area contributed by atoms with Gasteiger partial charge in [0.25, 0.3) is 0 Å². The van der Waals surface area contributed by atoms with Crippen LogP contribution in [-0.2, 0) is 9.59 Å². The monoisotopic (exact) mass is 281 g/mol. The number of amides is 1. The smallest absolute Gasteiger partial charge is 0.310 e. The molecular weight excluding hydrogens is 258 g/mol. The third kappa shape index (κ3) is 3.59. The van der Waals surface area contributed by atoms with E-state index in [0.717, 1.165) is 0 Å². The fraction of sp³-hybridized carbons (Fsp3) is 0.643. The van der Waals surface area contributed by atoms with Gasteiger partial charge in [-0.15, -0.1) is 0 Å². The van der Waals surface area contributed by atoms with Crippen LogP contribution in [0, 0.1) is 11.3 Å². The highest BCUT2D eigenvalue weighted by atomic mass is 16.4. The van der Waals surface area contributed by atoms with Crippen LogP contribution in [0.1, 0.15) is 52.4 Å². The number of aliphatic carboxylic acids is 1. The molecule has 1 aromatic heterocycles. The number of imidazole rings is 1. The van der Waals surface area contributed by atoms with Crippen molar-refractivity contribution in [1.82, 2.24) is 15.3 Å². The molecule has 2 atom stereocenters. The normalized spacial score (nSPS) is 15.7. The standard InChI is InChI=1S/C14H23N3O3/c1-5-10(12-15-6-7-16-12)17-11(18)8-14(4,9(2)3)13(19)20/h6-7,9-10H,5,8H2,1-4H3,(H,15,16)(H,17,18)(H,19,20). The predicted octanol–water partition coefficient (Wildman–Crippen LogP) is 2.11. The molecule has 1 amide bonds. The molecule has 6 heteroatoms. The van der Waals surface area contributed by atoms with Gasteiger partial charge < -0.3 is 15.4 Å².